The summed E-state index contributed by atoms with van der Waals surface area (Å²) in [6.45, 7) is 2.02. The first-order valence-electron chi connectivity index (χ1n) is 4.01. The SMILES string of the molecule is Cc1ccc(C(O)c2ccn[nH]2)s1. The first kappa shape index (κ1) is 8.47. The van der Waals surface area contributed by atoms with Gasteiger partial charge in [0.05, 0.1) is 5.69 Å². The average molecular weight is 194 g/mol. The van der Waals surface area contributed by atoms with E-state index >= 15 is 0 Å². The lowest BCUT2D eigenvalue weighted by molar-refractivity contribution is 0.219. The lowest BCUT2D eigenvalue weighted by atomic mass is 10.2. The van der Waals surface area contributed by atoms with Crippen LogP contribution in [-0.2, 0) is 0 Å². The largest absolute Gasteiger partial charge is 0.381 e. The van der Waals surface area contributed by atoms with Gasteiger partial charge in [-0.25, -0.2) is 0 Å². The predicted molar refractivity (Wildman–Crippen MR) is 51.7 cm³/mol. The van der Waals surface area contributed by atoms with E-state index < -0.39 is 6.10 Å². The zero-order valence-electron chi connectivity index (χ0n) is 7.19. The Morgan fingerprint density at radius 1 is 1.46 bits per heavy atom. The highest BCUT2D eigenvalue weighted by Crippen LogP contribution is 2.26. The van der Waals surface area contributed by atoms with Gasteiger partial charge in [-0.1, -0.05) is 0 Å². The molecule has 0 bridgehead atoms. The topological polar surface area (TPSA) is 48.9 Å². The van der Waals surface area contributed by atoms with Crippen LogP contribution in [0, 0.1) is 6.92 Å². The third-order valence-corrected chi connectivity index (χ3v) is 2.90. The van der Waals surface area contributed by atoms with Crippen molar-refractivity contribution in [3.8, 4) is 0 Å². The van der Waals surface area contributed by atoms with E-state index in [1.54, 1.807) is 23.6 Å². The molecule has 2 rings (SSSR count). The lowest BCUT2D eigenvalue weighted by Gasteiger charge is -2.03. The van der Waals surface area contributed by atoms with Crippen LogP contribution >= 0.6 is 11.3 Å². The molecule has 2 heterocycles. The van der Waals surface area contributed by atoms with E-state index in [1.807, 2.05) is 19.1 Å². The molecule has 13 heavy (non-hydrogen) atoms. The highest BCUT2D eigenvalue weighted by Gasteiger charge is 2.12. The van der Waals surface area contributed by atoms with Gasteiger partial charge in [0.2, 0.25) is 0 Å². The maximum atomic E-state index is 9.83. The molecule has 2 N–H and O–H groups in total. The van der Waals surface area contributed by atoms with Crippen molar-refractivity contribution in [3.63, 3.8) is 0 Å². The Kier molecular flexibility index (Phi) is 2.16. The second-order valence-corrected chi connectivity index (χ2v) is 4.18. The summed E-state index contributed by atoms with van der Waals surface area (Å²) in [6, 6.07) is 5.71. The van der Waals surface area contributed by atoms with Gasteiger partial charge in [-0.15, -0.1) is 11.3 Å². The lowest BCUT2D eigenvalue weighted by Crippen LogP contribution is -1.96. The summed E-state index contributed by atoms with van der Waals surface area (Å²) in [5.41, 5.74) is 0.738. The number of thiophene rings is 1. The Bertz CT molecular complexity index is 380. The van der Waals surface area contributed by atoms with E-state index in [-0.39, 0.29) is 0 Å². The highest BCUT2D eigenvalue weighted by molar-refractivity contribution is 7.12. The van der Waals surface area contributed by atoms with E-state index in [1.165, 1.54) is 4.88 Å². The molecule has 0 fully saturated rings. The number of aryl methyl sites for hydroxylation is 1. The van der Waals surface area contributed by atoms with Gasteiger partial charge in [-0.05, 0) is 25.1 Å². The molecule has 0 aliphatic rings. The Morgan fingerprint density at radius 3 is 2.85 bits per heavy atom. The molecule has 3 nitrogen and oxygen atoms in total. The van der Waals surface area contributed by atoms with Gasteiger partial charge in [0.25, 0.3) is 0 Å². The van der Waals surface area contributed by atoms with Crippen LogP contribution in [0.5, 0.6) is 0 Å². The number of aromatic amines is 1. The van der Waals surface area contributed by atoms with Crippen LogP contribution in [0.1, 0.15) is 21.6 Å². The second kappa shape index (κ2) is 3.32. The number of nitrogens with one attached hydrogen (secondary N) is 1. The molecule has 0 aromatic carbocycles. The Morgan fingerprint density at radius 2 is 2.31 bits per heavy atom. The number of hydrogen-bond acceptors (Lipinski definition) is 3. The van der Waals surface area contributed by atoms with Crippen molar-refractivity contribution in [1.29, 1.82) is 0 Å². The van der Waals surface area contributed by atoms with Gasteiger partial charge in [0.15, 0.2) is 0 Å². The monoisotopic (exact) mass is 194 g/mol. The summed E-state index contributed by atoms with van der Waals surface area (Å²) in [4.78, 5) is 2.15. The van der Waals surface area contributed by atoms with Gasteiger partial charge < -0.3 is 5.11 Å². The third-order valence-electron chi connectivity index (χ3n) is 1.85. The minimum absolute atomic E-state index is 0.568. The van der Waals surface area contributed by atoms with Crippen molar-refractivity contribution in [2.75, 3.05) is 0 Å². The number of aliphatic hydroxyl groups is 1. The number of hydrogen-bond donors (Lipinski definition) is 2. The Labute approximate surface area is 80.1 Å². The van der Waals surface area contributed by atoms with E-state index in [0.29, 0.717) is 0 Å². The molecule has 0 saturated heterocycles. The third kappa shape index (κ3) is 1.64. The van der Waals surface area contributed by atoms with Crippen molar-refractivity contribution in [2.45, 2.75) is 13.0 Å². The minimum atomic E-state index is -0.568. The standard InChI is InChI=1S/C9H10N2OS/c1-6-2-3-8(13-6)9(12)7-4-5-10-11-7/h2-5,9,12H,1H3,(H,10,11). The molecule has 2 aromatic heterocycles. The van der Waals surface area contributed by atoms with E-state index in [9.17, 15) is 5.11 Å². The van der Waals surface area contributed by atoms with Crippen molar-refractivity contribution < 1.29 is 5.11 Å². The van der Waals surface area contributed by atoms with Gasteiger partial charge in [-0.2, -0.15) is 5.10 Å². The number of aliphatic hydroxyl groups excluding tert-OH is 1. The van der Waals surface area contributed by atoms with Crippen LogP contribution in [0.3, 0.4) is 0 Å². The van der Waals surface area contributed by atoms with Gasteiger partial charge in [-0.3, -0.25) is 5.10 Å². The van der Waals surface area contributed by atoms with Crippen LogP contribution in [0.25, 0.3) is 0 Å². The van der Waals surface area contributed by atoms with Gasteiger partial charge in [0, 0.05) is 16.0 Å². The minimum Gasteiger partial charge on any atom is -0.381 e. The van der Waals surface area contributed by atoms with Crippen molar-refractivity contribution in [2.24, 2.45) is 0 Å². The van der Waals surface area contributed by atoms with Gasteiger partial charge in [0.1, 0.15) is 6.10 Å². The summed E-state index contributed by atoms with van der Waals surface area (Å²) in [6.07, 6.45) is 1.07. The van der Waals surface area contributed by atoms with Crippen LogP contribution in [-0.4, -0.2) is 15.3 Å². The van der Waals surface area contributed by atoms with E-state index in [4.69, 9.17) is 0 Å². The van der Waals surface area contributed by atoms with Crippen molar-refractivity contribution in [1.82, 2.24) is 10.2 Å². The zero-order chi connectivity index (χ0) is 9.26. The second-order valence-electron chi connectivity index (χ2n) is 2.86. The van der Waals surface area contributed by atoms with Crippen LogP contribution in [0.4, 0.5) is 0 Å². The normalized spacial score (nSPS) is 13.1. The van der Waals surface area contributed by atoms with Crippen molar-refractivity contribution >= 4 is 11.3 Å². The maximum absolute atomic E-state index is 9.83. The average Bonchev–Trinajstić information content (AvgIpc) is 2.72. The quantitative estimate of drug-likeness (QED) is 0.766. The fourth-order valence-corrected chi connectivity index (χ4v) is 2.06. The first-order valence-corrected chi connectivity index (χ1v) is 4.82. The summed E-state index contributed by atoms with van der Waals surface area (Å²) in [5.74, 6) is 0. The molecular formula is C9H10N2OS. The summed E-state index contributed by atoms with van der Waals surface area (Å²) >= 11 is 1.60. The highest BCUT2D eigenvalue weighted by atomic mass is 32.1. The van der Waals surface area contributed by atoms with E-state index in [2.05, 4.69) is 10.2 Å². The molecule has 0 radical (unpaired) electrons. The molecule has 0 amide bonds. The van der Waals surface area contributed by atoms with E-state index in [0.717, 1.165) is 10.6 Å². The molecule has 0 aliphatic carbocycles. The Balaban J connectivity index is 2.28. The molecule has 68 valence electrons. The smallest absolute Gasteiger partial charge is 0.129 e. The molecule has 4 heteroatoms. The van der Waals surface area contributed by atoms with Gasteiger partial charge >= 0.3 is 0 Å². The van der Waals surface area contributed by atoms with Crippen LogP contribution < -0.4 is 0 Å². The predicted octanol–water partition coefficient (Wildman–Crippen LogP) is 1.86. The molecule has 1 unspecified atom stereocenters. The summed E-state index contributed by atoms with van der Waals surface area (Å²) < 4.78 is 0. The molecule has 1 atom stereocenters. The first-order chi connectivity index (χ1) is 6.27. The fourth-order valence-electron chi connectivity index (χ4n) is 1.17. The van der Waals surface area contributed by atoms with Crippen LogP contribution in [0.2, 0.25) is 0 Å². The molecule has 0 spiro atoms. The summed E-state index contributed by atoms with van der Waals surface area (Å²) in [7, 11) is 0. The van der Waals surface area contributed by atoms with Crippen LogP contribution in [0.15, 0.2) is 24.4 Å². The zero-order valence-corrected chi connectivity index (χ0v) is 8.01. The molecule has 0 aliphatic heterocycles. The number of nitrogens with zero attached hydrogens (tertiary/aromatic N) is 1. The molecule has 2 aromatic rings. The Hall–Kier alpha value is -1.13. The molecular weight excluding hydrogens is 184 g/mol. The number of aromatic nitrogens is 2. The fraction of sp³-hybridized carbons (Fsp3) is 0.222. The summed E-state index contributed by atoms with van der Waals surface area (Å²) in [5, 5.41) is 16.4. The number of rotatable bonds is 2. The molecule has 0 saturated carbocycles. The van der Waals surface area contributed by atoms with Crippen molar-refractivity contribution in [3.05, 3.63) is 39.8 Å². The number of H-pyrrole nitrogens is 1. The maximum Gasteiger partial charge on any atom is 0.129 e.